The number of carboxylic acid groups (broad SMARTS) is 1. The monoisotopic (exact) mass is 356 g/mol. The Bertz CT molecular complexity index is 836. The van der Waals surface area contributed by atoms with Crippen molar-refractivity contribution in [2.45, 2.75) is 31.2 Å². The van der Waals surface area contributed by atoms with E-state index in [4.69, 9.17) is 11.6 Å². The summed E-state index contributed by atoms with van der Waals surface area (Å²) < 4.78 is 27.4. The first-order chi connectivity index (χ1) is 10.7. The molecule has 2 rings (SSSR count). The molecule has 0 aliphatic carbocycles. The van der Waals surface area contributed by atoms with Gasteiger partial charge in [0.2, 0.25) is 10.0 Å². The van der Waals surface area contributed by atoms with E-state index in [1.54, 1.807) is 18.2 Å². The Morgan fingerprint density at radius 2 is 2.04 bits per heavy atom. The molecular weight excluding hydrogens is 340 g/mol. The Morgan fingerprint density at radius 1 is 1.35 bits per heavy atom. The average molecular weight is 357 g/mol. The molecule has 1 aromatic heterocycles. The third kappa shape index (κ3) is 3.99. The SMILES string of the molecule is CC(C)CC(NS(=O)(=O)c1cccc2c(Cl)ccnc12)C(=O)O. The summed E-state index contributed by atoms with van der Waals surface area (Å²) in [5.41, 5.74) is 0.209. The van der Waals surface area contributed by atoms with E-state index in [9.17, 15) is 18.3 Å². The third-order valence-corrected chi connectivity index (χ3v) is 5.11. The number of aromatic nitrogens is 1. The molecule has 0 saturated carbocycles. The second-order valence-electron chi connectivity index (χ2n) is 5.59. The molecule has 0 aliphatic heterocycles. The van der Waals surface area contributed by atoms with E-state index in [2.05, 4.69) is 9.71 Å². The van der Waals surface area contributed by atoms with Crippen LogP contribution in [0.5, 0.6) is 0 Å². The molecule has 0 fully saturated rings. The number of benzene rings is 1. The highest BCUT2D eigenvalue weighted by Gasteiger charge is 2.27. The van der Waals surface area contributed by atoms with E-state index in [1.807, 2.05) is 13.8 Å². The minimum Gasteiger partial charge on any atom is -0.480 e. The number of halogens is 1. The van der Waals surface area contributed by atoms with Crippen LogP contribution in [-0.4, -0.2) is 30.5 Å². The molecule has 8 heteroatoms. The van der Waals surface area contributed by atoms with Crippen molar-refractivity contribution in [3.05, 3.63) is 35.5 Å². The molecule has 0 aliphatic rings. The smallest absolute Gasteiger partial charge is 0.321 e. The van der Waals surface area contributed by atoms with Crippen LogP contribution in [0.4, 0.5) is 0 Å². The van der Waals surface area contributed by atoms with Crippen molar-refractivity contribution in [2.75, 3.05) is 0 Å². The molecule has 23 heavy (non-hydrogen) atoms. The number of para-hydroxylation sites is 1. The van der Waals surface area contributed by atoms with E-state index in [1.165, 1.54) is 12.3 Å². The predicted molar refractivity (Wildman–Crippen MR) is 88.0 cm³/mol. The van der Waals surface area contributed by atoms with E-state index >= 15 is 0 Å². The lowest BCUT2D eigenvalue weighted by Gasteiger charge is -2.17. The number of pyridine rings is 1. The van der Waals surface area contributed by atoms with Crippen molar-refractivity contribution in [1.29, 1.82) is 0 Å². The highest BCUT2D eigenvalue weighted by atomic mass is 35.5. The van der Waals surface area contributed by atoms with Gasteiger partial charge in [-0.15, -0.1) is 0 Å². The molecule has 124 valence electrons. The lowest BCUT2D eigenvalue weighted by atomic mass is 10.1. The van der Waals surface area contributed by atoms with Gasteiger partial charge in [0.05, 0.1) is 10.5 Å². The van der Waals surface area contributed by atoms with E-state index in [0.29, 0.717) is 10.4 Å². The summed E-state index contributed by atoms with van der Waals surface area (Å²) in [5, 5.41) is 10.1. The Hall–Kier alpha value is -1.70. The molecule has 0 amide bonds. The summed E-state index contributed by atoms with van der Waals surface area (Å²) in [5.74, 6) is -1.19. The van der Waals surface area contributed by atoms with Gasteiger partial charge in [-0.05, 0) is 24.5 Å². The van der Waals surface area contributed by atoms with Crippen molar-refractivity contribution < 1.29 is 18.3 Å². The maximum Gasteiger partial charge on any atom is 0.321 e. The van der Waals surface area contributed by atoms with Gasteiger partial charge in [0.15, 0.2) is 0 Å². The zero-order valence-electron chi connectivity index (χ0n) is 12.7. The van der Waals surface area contributed by atoms with Crippen molar-refractivity contribution in [3.63, 3.8) is 0 Å². The van der Waals surface area contributed by atoms with Crippen LogP contribution in [-0.2, 0) is 14.8 Å². The average Bonchev–Trinajstić information content (AvgIpc) is 2.45. The lowest BCUT2D eigenvalue weighted by Crippen LogP contribution is -2.41. The fraction of sp³-hybridized carbons (Fsp3) is 0.333. The Balaban J connectivity index is 2.48. The van der Waals surface area contributed by atoms with Crippen LogP contribution >= 0.6 is 11.6 Å². The number of nitrogens with zero attached hydrogens (tertiary/aromatic N) is 1. The van der Waals surface area contributed by atoms with Gasteiger partial charge in [-0.1, -0.05) is 37.6 Å². The van der Waals surface area contributed by atoms with Gasteiger partial charge in [-0.3, -0.25) is 9.78 Å². The van der Waals surface area contributed by atoms with Gasteiger partial charge in [0.25, 0.3) is 0 Å². The van der Waals surface area contributed by atoms with Crippen LogP contribution in [0.3, 0.4) is 0 Å². The second-order valence-corrected chi connectivity index (χ2v) is 7.68. The van der Waals surface area contributed by atoms with Crippen LogP contribution in [0, 0.1) is 5.92 Å². The van der Waals surface area contributed by atoms with Crippen LogP contribution in [0.2, 0.25) is 5.02 Å². The minimum absolute atomic E-state index is 0.0267. The number of hydrogen-bond donors (Lipinski definition) is 2. The Morgan fingerprint density at radius 3 is 2.65 bits per heavy atom. The van der Waals surface area contributed by atoms with Crippen LogP contribution in [0.15, 0.2) is 35.4 Å². The van der Waals surface area contributed by atoms with Crippen molar-refractivity contribution >= 4 is 38.5 Å². The highest BCUT2D eigenvalue weighted by molar-refractivity contribution is 7.89. The summed E-state index contributed by atoms with van der Waals surface area (Å²) in [6.07, 6.45) is 1.60. The fourth-order valence-electron chi connectivity index (χ4n) is 2.25. The topological polar surface area (TPSA) is 96.4 Å². The number of fused-ring (bicyclic) bond motifs is 1. The zero-order valence-corrected chi connectivity index (χ0v) is 14.2. The van der Waals surface area contributed by atoms with Gasteiger partial charge < -0.3 is 5.11 Å². The van der Waals surface area contributed by atoms with Gasteiger partial charge in [-0.2, -0.15) is 4.72 Å². The molecule has 0 spiro atoms. The lowest BCUT2D eigenvalue weighted by molar-refractivity contribution is -0.139. The Kier molecular flexibility index (Phi) is 5.23. The maximum absolute atomic E-state index is 12.6. The molecule has 2 aromatic rings. The number of carbonyl (C=O) groups is 1. The number of hydrogen-bond acceptors (Lipinski definition) is 4. The zero-order chi connectivity index (χ0) is 17.2. The van der Waals surface area contributed by atoms with Crippen molar-refractivity contribution in [3.8, 4) is 0 Å². The van der Waals surface area contributed by atoms with E-state index in [-0.39, 0.29) is 22.8 Å². The third-order valence-electron chi connectivity index (χ3n) is 3.27. The molecule has 6 nitrogen and oxygen atoms in total. The molecule has 1 heterocycles. The molecule has 0 bridgehead atoms. The van der Waals surface area contributed by atoms with Crippen LogP contribution in [0.25, 0.3) is 10.9 Å². The summed E-state index contributed by atoms with van der Waals surface area (Å²) in [6.45, 7) is 3.65. The van der Waals surface area contributed by atoms with Gasteiger partial charge in [0, 0.05) is 11.6 Å². The maximum atomic E-state index is 12.6. The number of aliphatic carboxylic acids is 1. The quantitative estimate of drug-likeness (QED) is 0.829. The highest BCUT2D eigenvalue weighted by Crippen LogP contribution is 2.26. The minimum atomic E-state index is -4.05. The van der Waals surface area contributed by atoms with Crippen molar-refractivity contribution in [1.82, 2.24) is 9.71 Å². The fourth-order valence-corrected chi connectivity index (χ4v) is 3.84. The molecule has 1 unspecified atom stereocenters. The van der Waals surface area contributed by atoms with E-state index < -0.39 is 22.0 Å². The molecule has 0 radical (unpaired) electrons. The van der Waals surface area contributed by atoms with E-state index in [0.717, 1.165) is 0 Å². The molecule has 0 saturated heterocycles. The predicted octanol–water partition coefficient (Wildman–Crippen LogP) is 2.67. The molecule has 1 aromatic carbocycles. The van der Waals surface area contributed by atoms with Gasteiger partial charge in [-0.25, -0.2) is 8.42 Å². The van der Waals surface area contributed by atoms with Crippen LogP contribution in [0.1, 0.15) is 20.3 Å². The normalized spacial score (nSPS) is 13.4. The first kappa shape index (κ1) is 17.7. The number of carboxylic acids is 1. The Labute approximate surface area is 139 Å². The summed E-state index contributed by atoms with van der Waals surface area (Å²) in [7, 11) is -4.05. The number of rotatable bonds is 6. The van der Waals surface area contributed by atoms with Crippen LogP contribution < -0.4 is 4.72 Å². The molecule has 1 atom stereocenters. The standard InChI is InChI=1S/C15H17ClN2O4S/c1-9(2)8-12(15(19)20)18-23(21,22)13-5-3-4-10-11(16)6-7-17-14(10)13/h3-7,9,12,18H,8H2,1-2H3,(H,19,20). The first-order valence-corrected chi connectivity index (χ1v) is 8.87. The molecular formula is C15H17ClN2O4S. The largest absolute Gasteiger partial charge is 0.480 e. The molecule has 2 N–H and O–H groups in total. The second kappa shape index (κ2) is 6.82. The van der Waals surface area contributed by atoms with Gasteiger partial charge >= 0.3 is 5.97 Å². The van der Waals surface area contributed by atoms with Gasteiger partial charge in [0.1, 0.15) is 10.9 Å². The number of sulfonamides is 1. The summed E-state index contributed by atoms with van der Waals surface area (Å²) >= 11 is 6.05. The van der Waals surface area contributed by atoms with Crippen molar-refractivity contribution in [2.24, 2.45) is 5.92 Å². The first-order valence-electron chi connectivity index (χ1n) is 7.00. The summed E-state index contributed by atoms with van der Waals surface area (Å²) in [4.78, 5) is 15.3. The number of nitrogens with one attached hydrogen (secondary N) is 1. The summed E-state index contributed by atoms with van der Waals surface area (Å²) in [6, 6.07) is 4.94.